The molecule has 6 nitrogen and oxygen atoms in total. The van der Waals surface area contributed by atoms with Crippen LogP contribution in [0.4, 0.5) is 0 Å². The Bertz CT molecular complexity index is 336. The molecule has 1 unspecified atom stereocenters. The van der Waals surface area contributed by atoms with Crippen LogP contribution in [0.3, 0.4) is 0 Å². The first-order valence-corrected chi connectivity index (χ1v) is 4.50. The molecule has 1 aromatic heterocycles. The summed E-state index contributed by atoms with van der Waals surface area (Å²) in [6.07, 6.45) is 1.67. The minimum Gasteiger partial charge on any atom is -0.374 e. The van der Waals surface area contributed by atoms with E-state index in [2.05, 4.69) is 15.4 Å². The predicted octanol–water partition coefficient (Wildman–Crippen LogP) is -0.862. The van der Waals surface area contributed by atoms with Gasteiger partial charge in [0.25, 0.3) is 5.82 Å². The topological polar surface area (TPSA) is 75.8 Å². The molecule has 2 heterocycles. The van der Waals surface area contributed by atoms with E-state index < -0.39 is 0 Å². The molecule has 1 fully saturated rings. The number of rotatable bonds is 2. The van der Waals surface area contributed by atoms with E-state index in [1.54, 1.807) is 11.0 Å². The van der Waals surface area contributed by atoms with Crippen LogP contribution in [0.5, 0.6) is 0 Å². The van der Waals surface area contributed by atoms with E-state index in [1.165, 1.54) is 0 Å². The number of morpholine rings is 1. The molecule has 0 aromatic carbocycles. The van der Waals surface area contributed by atoms with Crippen molar-refractivity contribution in [3.8, 4) is 6.07 Å². The maximum atomic E-state index is 8.52. The highest BCUT2D eigenvalue weighted by Crippen LogP contribution is 1.99. The van der Waals surface area contributed by atoms with Crippen molar-refractivity contribution >= 4 is 0 Å². The molecular formula is C8H11N5O. The SMILES string of the molecule is N#Cc1ncn(CC2CNCCO2)n1. The fourth-order valence-corrected chi connectivity index (χ4v) is 1.38. The lowest BCUT2D eigenvalue weighted by atomic mass is 10.3. The van der Waals surface area contributed by atoms with E-state index in [4.69, 9.17) is 10.00 Å². The average molecular weight is 193 g/mol. The molecule has 1 saturated heterocycles. The molecule has 0 amide bonds. The molecule has 74 valence electrons. The number of nitriles is 1. The summed E-state index contributed by atoms with van der Waals surface area (Å²) >= 11 is 0. The molecule has 2 rings (SSSR count). The molecule has 14 heavy (non-hydrogen) atoms. The van der Waals surface area contributed by atoms with Crippen LogP contribution in [0.15, 0.2) is 6.33 Å². The van der Waals surface area contributed by atoms with Gasteiger partial charge in [-0.2, -0.15) is 5.26 Å². The van der Waals surface area contributed by atoms with E-state index in [0.29, 0.717) is 6.54 Å². The van der Waals surface area contributed by atoms with Gasteiger partial charge >= 0.3 is 0 Å². The Kier molecular flexibility index (Phi) is 2.72. The summed E-state index contributed by atoms with van der Waals surface area (Å²) in [7, 11) is 0. The maximum Gasteiger partial charge on any atom is 0.252 e. The van der Waals surface area contributed by atoms with Crippen molar-refractivity contribution in [1.82, 2.24) is 20.1 Å². The maximum absolute atomic E-state index is 8.52. The van der Waals surface area contributed by atoms with E-state index in [9.17, 15) is 0 Å². The van der Waals surface area contributed by atoms with Crippen molar-refractivity contribution in [3.05, 3.63) is 12.2 Å². The van der Waals surface area contributed by atoms with Gasteiger partial charge in [-0.1, -0.05) is 0 Å². The molecule has 0 bridgehead atoms. The van der Waals surface area contributed by atoms with Crippen LogP contribution in [0.1, 0.15) is 5.82 Å². The smallest absolute Gasteiger partial charge is 0.252 e. The summed E-state index contributed by atoms with van der Waals surface area (Å²) < 4.78 is 7.13. The summed E-state index contributed by atoms with van der Waals surface area (Å²) in [4.78, 5) is 3.81. The van der Waals surface area contributed by atoms with Crippen LogP contribution < -0.4 is 5.32 Å². The van der Waals surface area contributed by atoms with Gasteiger partial charge in [0.15, 0.2) is 0 Å². The lowest BCUT2D eigenvalue weighted by Crippen LogP contribution is -2.40. The minimum atomic E-state index is 0.122. The highest BCUT2D eigenvalue weighted by molar-refractivity contribution is 5.05. The highest BCUT2D eigenvalue weighted by Gasteiger charge is 2.14. The van der Waals surface area contributed by atoms with Crippen molar-refractivity contribution < 1.29 is 4.74 Å². The number of ether oxygens (including phenoxy) is 1. The molecule has 0 radical (unpaired) electrons. The Hall–Kier alpha value is -1.45. The van der Waals surface area contributed by atoms with E-state index in [1.807, 2.05) is 6.07 Å². The quantitative estimate of drug-likeness (QED) is 0.661. The lowest BCUT2D eigenvalue weighted by Gasteiger charge is -2.23. The second-order valence-corrected chi connectivity index (χ2v) is 3.10. The third-order valence-corrected chi connectivity index (χ3v) is 2.03. The summed E-state index contributed by atoms with van der Waals surface area (Å²) in [6, 6.07) is 1.89. The van der Waals surface area contributed by atoms with Gasteiger partial charge in [0.2, 0.25) is 0 Å². The van der Waals surface area contributed by atoms with Crippen molar-refractivity contribution in [3.63, 3.8) is 0 Å². The molecule has 0 saturated carbocycles. The molecular weight excluding hydrogens is 182 g/mol. The molecule has 0 aliphatic carbocycles. The fourth-order valence-electron chi connectivity index (χ4n) is 1.38. The number of nitrogens with one attached hydrogen (secondary N) is 1. The Morgan fingerprint density at radius 3 is 3.36 bits per heavy atom. The number of hydrogen-bond donors (Lipinski definition) is 1. The average Bonchev–Trinajstić information content (AvgIpc) is 2.67. The molecule has 1 aliphatic rings. The van der Waals surface area contributed by atoms with Gasteiger partial charge in [-0.05, 0) is 0 Å². The number of aromatic nitrogens is 3. The van der Waals surface area contributed by atoms with Gasteiger partial charge < -0.3 is 10.1 Å². The second-order valence-electron chi connectivity index (χ2n) is 3.10. The first-order valence-electron chi connectivity index (χ1n) is 4.50. The van der Waals surface area contributed by atoms with Gasteiger partial charge in [0.1, 0.15) is 12.4 Å². The zero-order chi connectivity index (χ0) is 9.80. The number of hydrogen-bond acceptors (Lipinski definition) is 5. The van der Waals surface area contributed by atoms with Crippen LogP contribution in [0.25, 0.3) is 0 Å². The molecule has 6 heteroatoms. The van der Waals surface area contributed by atoms with Crippen LogP contribution in [0, 0.1) is 11.3 Å². The normalized spacial score (nSPS) is 21.8. The van der Waals surface area contributed by atoms with Gasteiger partial charge in [-0.3, -0.25) is 0 Å². The first-order chi connectivity index (χ1) is 6.88. The Morgan fingerprint density at radius 2 is 2.71 bits per heavy atom. The van der Waals surface area contributed by atoms with Crippen molar-refractivity contribution in [2.45, 2.75) is 12.6 Å². The summed E-state index contributed by atoms with van der Waals surface area (Å²) in [5, 5.41) is 15.7. The fraction of sp³-hybridized carbons (Fsp3) is 0.625. The minimum absolute atomic E-state index is 0.122. The van der Waals surface area contributed by atoms with Crippen molar-refractivity contribution in [1.29, 1.82) is 5.26 Å². The standard InChI is InChI=1S/C8H11N5O/c9-3-8-11-6-13(12-8)5-7-4-10-1-2-14-7/h6-7,10H,1-2,4-5H2. The summed E-state index contributed by atoms with van der Waals surface area (Å²) in [5.74, 6) is 0.203. The van der Waals surface area contributed by atoms with Gasteiger partial charge in [0.05, 0.1) is 19.3 Å². The first kappa shape index (κ1) is 9.12. The van der Waals surface area contributed by atoms with Gasteiger partial charge in [0, 0.05) is 13.1 Å². The molecule has 0 spiro atoms. The largest absolute Gasteiger partial charge is 0.374 e. The van der Waals surface area contributed by atoms with E-state index in [0.717, 1.165) is 19.7 Å². The second kappa shape index (κ2) is 4.17. The zero-order valence-corrected chi connectivity index (χ0v) is 7.68. The monoisotopic (exact) mass is 193 g/mol. The van der Waals surface area contributed by atoms with E-state index >= 15 is 0 Å². The van der Waals surface area contributed by atoms with Crippen LogP contribution >= 0.6 is 0 Å². The third-order valence-electron chi connectivity index (χ3n) is 2.03. The van der Waals surface area contributed by atoms with Gasteiger partial charge in [-0.25, -0.2) is 9.67 Å². The lowest BCUT2D eigenvalue weighted by molar-refractivity contribution is 0.0161. The van der Waals surface area contributed by atoms with Crippen molar-refractivity contribution in [2.24, 2.45) is 0 Å². The van der Waals surface area contributed by atoms with Crippen LogP contribution in [-0.2, 0) is 11.3 Å². The van der Waals surface area contributed by atoms with Crippen molar-refractivity contribution in [2.75, 3.05) is 19.7 Å². The Balaban J connectivity index is 1.93. The molecule has 1 N–H and O–H groups in total. The van der Waals surface area contributed by atoms with E-state index in [-0.39, 0.29) is 11.9 Å². The Labute approximate surface area is 81.5 Å². The molecule has 1 atom stereocenters. The Morgan fingerprint density at radius 1 is 1.79 bits per heavy atom. The third kappa shape index (κ3) is 2.07. The summed E-state index contributed by atoms with van der Waals surface area (Å²) in [5.41, 5.74) is 0. The molecule has 1 aromatic rings. The molecule has 1 aliphatic heterocycles. The number of nitrogens with zero attached hydrogens (tertiary/aromatic N) is 4. The summed E-state index contributed by atoms with van der Waals surface area (Å²) in [6.45, 7) is 3.09. The van der Waals surface area contributed by atoms with Gasteiger partial charge in [-0.15, -0.1) is 5.10 Å². The predicted molar refractivity (Wildman–Crippen MR) is 47.3 cm³/mol. The van der Waals surface area contributed by atoms with Crippen LogP contribution in [-0.4, -0.2) is 40.6 Å². The highest BCUT2D eigenvalue weighted by atomic mass is 16.5. The zero-order valence-electron chi connectivity index (χ0n) is 7.68. The van der Waals surface area contributed by atoms with Crippen LogP contribution in [0.2, 0.25) is 0 Å².